The second kappa shape index (κ2) is 9.66. The molecule has 6 nitrogen and oxygen atoms in total. The Labute approximate surface area is 205 Å². The molecule has 0 spiro atoms. The summed E-state index contributed by atoms with van der Waals surface area (Å²) in [6.45, 7) is 1.92. The number of fused-ring (bicyclic) bond motifs is 1. The topological polar surface area (TPSA) is 97.1 Å². The molecule has 4 rings (SSSR count). The van der Waals surface area contributed by atoms with Gasteiger partial charge in [-0.15, -0.1) is 11.3 Å². The van der Waals surface area contributed by atoms with E-state index in [9.17, 15) is 18.0 Å². The molecular formula is C25H21ClN2O4S2. The van der Waals surface area contributed by atoms with E-state index in [4.69, 9.17) is 17.0 Å². The number of rotatable bonds is 8. The van der Waals surface area contributed by atoms with Crippen LogP contribution >= 0.6 is 22.9 Å². The number of pyridine rings is 1. The number of hydrogen-bond acceptors (Lipinski definition) is 6. The number of Topliss-reactive ketones (excluding diaryl/α,β-unsaturated/α-hetero) is 1. The monoisotopic (exact) mass is 512 g/mol. The third kappa shape index (κ3) is 5.04. The van der Waals surface area contributed by atoms with Crippen LogP contribution in [0.25, 0.3) is 16.5 Å². The molecule has 0 fully saturated rings. The van der Waals surface area contributed by atoms with Crippen LogP contribution in [0.3, 0.4) is 0 Å². The van der Waals surface area contributed by atoms with Crippen molar-refractivity contribution in [1.29, 1.82) is 5.41 Å². The van der Waals surface area contributed by atoms with Crippen LogP contribution in [-0.2, 0) is 21.1 Å². The molecule has 0 amide bonds. The molecule has 0 saturated carbocycles. The molecule has 0 bridgehead atoms. The number of nitrogens with one attached hydrogen (secondary N) is 1. The smallest absolute Gasteiger partial charge is 0.262 e. The summed E-state index contributed by atoms with van der Waals surface area (Å²) in [5.74, 6) is -1.01. The van der Waals surface area contributed by atoms with Gasteiger partial charge in [0.25, 0.3) is 5.56 Å². The molecular weight excluding hydrogens is 492 g/mol. The van der Waals surface area contributed by atoms with Gasteiger partial charge in [0.2, 0.25) is 0 Å². The van der Waals surface area contributed by atoms with E-state index in [1.54, 1.807) is 42.6 Å². The molecule has 2 aromatic heterocycles. The number of halogens is 1. The summed E-state index contributed by atoms with van der Waals surface area (Å²) >= 11 is 6.73. The first kappa shape index (κ1) is 24.1. The predicted octanol–water partition coefficient (Wildman–Crippen LogP) is 5.07. The maximum Gasteiger partial charge on any atom is 0.262 e. The maximum absolute atomic E-state index is 13.0. The lowest BCUT2D eigenvalue weighted by Crippen LogP contribution is -2.18. The van der Waals surface area contributed by atoms with E-state index in [2.05, 4.69) is 0 Å². The first-order valence-electron chi connectivity index (χ1n) is 10.5. The SMILES string of the molecule is CCC(=N)c1ccc2c(=O)n(-c3ccc(CC(=O)CS(=O)(=O)c4ccc(Cl)s4)cc3)ccc2c1. The largest absolute Gasteiger partial charge is 0.305 e. The Morgan fingerprint density at radius 2 is 1.79 bits per heavy atom. The quantitative estimate of drug-likeness (QED) is 0.333. The number of carbonyl (C=O) groups excluding carboxylic acids is 1. The van der Waals surface area contributed by atoms with E-state index in [-0.39, 0.29) is 16.2 Å². The average Bonchev–Trinajstić information content (AvgIpc) is 3.26. The number of hydrogen-bond donors (Lipinski definition) is 1. The van der Waals surface area contributed by atoms with Gasteiger partial charge in [-0.1, -0.05) is 36.7 Å². The number of nitrogens with zero attached hydrogens (tertiary/aromatic N) is 1. The Morgan fingerprint density at radius 1 is 1.06 bits per heavy atom. The van der Waals surface area contributed by atoms with Crippen molar-refractivity contribution in [1.82, 2.24) is 4.57 Å². The number of thiophene rings is 1. The Bertz CT molecular complexity index is 1570. The second-order valence-corrected chi connectivity index (χ2v) is 11.8. The van der Waals surface area contributed by atoms with Gasteiger partial charge in [0, 0.05) is 29.4 Å². The standard InChI is InChI=1S/C25H21ClN2O4S2/c1-2-22(27)18-5-8-21-17(14-18)11-12-28(25(21)30)19-6-3-16(4-7-19)13-20(29)15-34(31,32)24-10-9-23(26)33-24/h3-12,14,27H,2,13,15H2,1H3. The lowest BCUT2D eigenvalue weighted by Gasteiger charge is -2.10. The van der Waals surface area contributed by atoms with Crippen LogP contribution in [0.1, 0.15) is 24.5 Å². The molecule has 0 aliphatic heterocycles. The van der Waals surface area contributed by atoms with E-state index in [1.807, 2.05) is 19.1 Å². The first-order chi connectivity index (χ1) is 16.2. The van der Waals surface area contributed by atoms with Crippen LogP contribution < -0.4 is 5.56 Å². The van der Waals surface area contributed by atoms with Gasteiger partial charge in [-0.05, 0) is 65.4 Å². The Hall–Kier alpha value is -3.07. The van der Waals surface area contributed by atoms with Crippen molar-refractivity contribution in [3.05, 3.63) is 92.7 Å². The Kier molecular flexibility index (Phi) is 6.84. The van der Waals surface area contributed by atoms with Gasteiger partial charge in [-0.25, -0.2) is 8.42 Å². The molecule has 174 valence electrons. The van der Waals surface area contributed by atoms with Gasteiger partial charge in [0.05, 0.1) is 4.34 Å². The zero-order chi connectivity index (χ0) is 24.5. The van der Waals surface area contributed by atoms with Crippen molar-refractivity contribution < 1.29 is 13.2 Å². The van der Waals surface area contributed by atoms with Crippen LogP contribution in [-0.4, -0.2) is 30.2 Å². The van der Waals surface area contributed by atoms with Crippen LogP contribution in [0.5, 0.6) is 0 Å². The highest BCUT2D eigenvalue weighted by Crippen LogP contribution is 2.26. The van der Waals surface area contributed by atoms with E-state index in [0.29, 0.717) is 33.1 Å². The lowest BCUT2D eigenvalue weighted by atomic mass is 10.0. The van der Waals surface area contributed by atoms with E-state index >= 15 is 0 Å². The van der Waals surface area contributed by atoms with Crippen molar-refractivity contribution in [2.24, 2.45) is 0 Å². The van der Waals surface area contributed by atoms with E-state index in [0.717, 1.165) is 22.3 Å². The van der Waals surface area contributed by atoms with Crippen LogP contribution in [0.2, 0.25) is 4.34 Å². The lowest BCUT2D eigenvalue weighted by molar-refractivity contribution is -0.116. The average molecular weight is 513 g/mol. The van der Waals surface area contributed by atoms with Gasteiger partial charge in [-0.3, -0.25) is 14.2 Å². The molecule has 0 unspecified atom stereocenters. The van der Waals surface area contributed by atoms with Crippen molar-refractivity contribution in [2.45, 2.75) is 24.0 Å². The number of aromatic nitrogens is 1. The molecule has 0 aliphatic carbocycles. The number of carbonyl (C=O) groups is 1. The highest BCUT2D eigenvalue weighted by Gasteiger charge is 2.21. The first-order valence-corrected chi connectivity index (χ1v) is 13.3. The van der Waals surface area contributed by atoms with Gasteiger partial charge in [-0.2, -0.15) is 0 Å². The number of benzene rings is 2. The minimum Gasteiger partial charge on any atom is -0.305 e. The molecule has 9 heteroatoms. The summed E-state index contributed by atoms with van der Waals surface area (Å²) in [7, 11) is -3.72. The third-order valence-electron chi connectivity index (χ3n) is 5.43. The van der Waals surface area contributed by atoms with Crippen molar-refractivity contribution >= 4 is 55.0 Å². The molecule has 34 heavy (non-hydrogen) atoms. The summed E-state index contributed by atoms with van der Waals surface area (Å²) < 4.78 is 26.7. The minimum absolute atomic E-state index is 0.0304. The Balaban J connectivity index is 1.52. The zero-order valence-corrected chi connectivity index (χ0v) is 20.6. The molecule has 1 N–H and O–H groups in total. The molecule has 2 aromatic carbocycles. The summed E-state index contributed by atoms with van der Waals surface area (Å²) in [6.07, 6.45) is 2.27. The van der Waals surface area contributed by atoms with Crippen LogP contribution in [0.15, 0.2) is 75.9 Å². The highest BCUT2D eigenvalue weighted by atomic mass is 35.5. The second-order valence-electron chi connectivity index (χ2n) is 7.82. The highest BCUT2D eigenvalue weighted by molar-refractivity contribution is 7.94. The zero-order valence-electron chi connectivity index (χ0n) is 18.2. The van der Waals surface area contributed by atoms with Crippen molar-refractivity contribution in [3.8, 4) is 5.69 Å². The molecule has 0 atom stereocenters. The fourth-order valence-corrected chi connectivity index (χ4v) is 6.46. The van der Waals surface area contributed by atoms with E-state index < -0.39 is 21.4 Å². The van der Waals surface area contributed by atoms with Crippen molar-refractivity contribution in [2.75, 3.05) is 5.75 Å². The van der Waals surface area contributed by atoms with E-state index in [1.165, 1.54) is 16.7 Å². The summed E-state index contributed by atoms with van der Waals surface area (Å²) in [4.78, 5) is 25.4. The van der Waals surface area contributed by atoms with Crippen molar-refractivity contribution in [3.63, 3.8) is 0 Å². The molecule has 0 saturated heterocycles. The summed E-state index contributed by atoms with van der Waals surface area (Å²) in [5.41, 5.74) is 2.42. The Morgan fingerprint density at radius 3 is 2.44 bits per heavy atom. The molecule has 4 aromatic rings. The predicted molar refractivity (Wildman–Crippen MR) is 137 cm³/mol. The van der Waals surface area contributed by atoms with Gasteiger partial charge in [0.1, 0.15) is 9.96 Å². The maximum atomic E-state index is 13.0. The molecule has 0 aliphatic rings. The van der Waals surface area contributed by atoms with Gasteiger partial charge >= 0.3 is 0 Å². The minimum atomic E-state index is -3.72. The summed E-state index contributed by atoms with van der Waals surface area (Å²) in [6, 6.07) is 17.0. The molecule has 0 radical (unpaired) electrons. The third-order valence-corrected chi connectivity index (χ3v) is 8.92. The molecule has 2 heterocycles. The van der Waals surface area contributed by atoms with Crippen LogP contribution in [0, 0.1) is 5.41 Å². The number of ketones is 1. The number of sulfone groups is 1. The fraction of sp³-hybridized carbons (Fsp3) is 0.160. The van der Waals surface area contributed by atoms with Gasteiger partial charge in [0.15, 0.2) is 15.6 Å². The summed E-state index contributed by atoms with van der Waals surface area (Å²) in [5, 5.41) is 9.32. The normalized spacial score (nSPS) is 11.6. The van der Waals surface area contributed by atoms with Crippen LogP contribution in [0.4, 0.5) is 0 Å². The fourth-order valence-electron chi connectivity index (χ4n) is 3.64. The van der Waals surface area contributed by atoms with Gasteiger partial charge < -0.3 is 5.41 Å².